The Balaban J connectivity index is 0.000000173. The van der Waals surface area contributed by atoms with Crippen molar-refractivity contribution in [3.63, 3.8) is 0 Å². The van der Waals surface area contributed by atoms with Gasteiger partial charge in [-0.25, -0.2) is 18.0 Å². The third kappa shape index (κ3) is 4.93. The standard InChI is InChI=1S/C16H18N2O4S.C10H12N4O5S/c1-16(2)12(15(21)22)18-13(20)11(14(18)23-16)17-10(19)8-9-6-4-3-5-7-9;1-10(5-13-3-2-11-12-13)8(9(16)17)14-6(15)4-7(14)20(10,18)19/h3-7,11-12,14H,8H2,1-2H3,(H,17,19)(H,21,22);2-3,7-8H,4-5H2,1H3,(H,16,17)/t11-,12+,14-;7-,8+,10+/m11/s1. The number of amides is 3. The Morgan fingerprint density at radius 2 is 1.70 bits per heavy atom. The fourth-order valence-corrected chi connectivity index (χ4v) is 10.1. The Labute approximate surface area is 250 Å². The van der Waals surface area contributed by atoms with Gasteiger partial charge in [-0.1, -0.05) is 35.5 Å². The van der Waals surface area contributed by atoms with Gasteiger partial charge < -0.3 is 25.3 Å². The molecule has 5 heterocycles. The number of nitrogens with one attached hydrogen (secondary N) is 1. The number of sulfone groups is 1. The van der Waals surface area contributed by atoms with Gasteiger partial charge in [-0.05, 0) is 26.3 Å². The van der Waals surface area contributed by atoms with Crippen LogP contribution in [0.15, 0.2) is 42.7 Å². The van der Waals surface area contributed by atoms with Gasteiger partial charge in [-0.15, -0.1) is 16.9 Å². The second kappa shape index (κ2) is 10.6. The molecule has 3 N–H and O–H groups in total. The molecule has 0 spiro atoms. The highest BCUT2D eigenvalue weighted by molar-refractivity contribution is 8.01. The summed E-state index contributed by atoms with van der Waals surface area (Å²) < 4.78 is 24.2. The van der Waals surface area contributed by atoms with E-state index >= 15 is 0 Å². The summed E-state index contributed by atoms with van der Waals surface area (Å²) in [5, 5.41) is 27.3. The summed E-state index contributed by atoms with van der Waals surface area (Å²) in [5.41, 5.74) is 0.872. The molecule has 0 bridgehead atoms. The van der Waals surface area contributed by atoms with Crippen LogP contribution in [0.2, 0.25) is 0 Å². The van der Waals surface area contributed by atoms with Crippen LogP contribution in [-0.2, 0) is 46.8 Å². The number of carbonyl (C=O) groups excluding carboxylic acids is 3. The topological polar surface area (TPSA) is 209 Å². The molecule has 0 unspecified atom stereocenters. The molecule has 4 saturated heterocycles. The number of aliphatic carboxylic acids is 2. The van der Waals surface area contributed by atoms with Gasteiger partial charge in [0.1, 0.15) is 27.6 Å². The van der Waals surface area contributed by atoms with Gasteiger partial charge in [-0.3, -0.25) is 19.1 Å². The largest absolute Gasteiger partial charge is 0.480 e. The zero-order valence-electron chi connectivity index (χ0n) is 23.4. The van der Waals surface area contributed by atoms with Crippen molar-refractivity contribution in [2.45, 2.75) is 78.5 Å². The van der Waals surface area contributed by atoms with E-state index in [0.717, 1.165) is 10.5 Å². The first kappa shape index (κ1) is 30.5. The third-order valence-electron chi connectivity index (χ3n) is 8.19. The smallest absolute Gasteiger partial charge is 0.328 e. The summed E-state index contributed by atoms with van der Waals surface area (Å²) in [6.07, 6.45) is 2.88. The summed E-state index contributed by atoms with van der Waals surface area (Å²) in [4.78, 5) is 61.2. The molecule has 0 aliphatic carbocycles. The Morgan fingerprint density at radius 1 is 1.05 bits per heavy atom. The van der Waals surface area contributed by atoms with E-state index in [1.807, 2.05) is 44.2 Å². The van der Waals surface area contributed by atoms with E-state index in [9.17, 15) is 42.6 Å². The number of benzene rings is 1. The summed E-state index contributed by atoms with van der Waals surface area (Å²) in [6.45, 7) is 4.80. The summed E-state index contributed by atoms with van der Waals surface area (Å²) in [6, 6.07) is 6.38. The molecule has 15 nitrogen and oxygen atoms in total. The van der Waals surface area contributed by atoms with Gasteiger partial charge in [0, 0.05) is 10.9 Å². The Kier molecular flexibility index (Phi) is 7.53. The van der Waals surface area contributed by atoms with Crippen LogP contribution in [0, 0.1) is 0 Å². The number of aromatic nitrogens is 3. The fourth-order valence-electron chi connectivity index (χ4n) is 6.08. The fraction of sp³-hybridized carbons (Fsp3) is 0.500. The first-order chi connectivity index (χ1) is 20.1. The molecule has 4 aliphatic heterocycles. The van der Waals surface area contributed by atoms with Crippen LogP contribution in [-0.4, -0.2) is 111 Å². The second-order valence-electron chi connectivity index (χ2n) is 11.5. The molecule has 4 fully saturated rings. The molecule has 0 saturated carbocycles. The minimum Gasteiger partial charge on any atom is -0.480 e. The highest BCUT2D eigenvalue weighted by Crippen LogP contribution is 2.51. The predicted molar refractivity (Wildman–Crippen MR) is 150 cm³/mol. The SMILES string of the molecule is CC1(C)S[C@@H]2[C@H](NC(=O)Cc3ccccc3)C(=O)N2[C@H]1C(=O)O.C[C@]1(Cn2ccnn2)[C@H](C(=O)O)N2C(=O)C[C@H]2S1(=O)=O. The Bertz CT molecular complexity index is 1580. The maximum Gasteiger partial charge on any atom is 0.328 e. The number of hydrogen-bond donors (Lipinski definition) is 3. The number of thioether (sulfide) groups is 1. The van der Waals surface area contributed by atoms with Crippen LogP contribution in [0.4, 0.5) is 0 Å². The van der Waals surface area contributed by atoms with E-state index in [1.165, 1.54) is 40.7 Å². The molecule has 230 valence electrons. The molecule has 6 atom stereocenters. The monoisotopic (exact) mass is 634 g/mol. The van der Waals surface area contributed by atoms with Crippen molar-refractivity contribution >= 4 is 51.3 Å². The number of rotatable bonds is 7. The molecule has 43 heavy (non-hydrogen) atoms. The number of β-lactam (4-membered cyclic amide) rings is 2. The van der Waals surface area contributed by atoms with Crippen molar-refractivity contribution in [1.82, 2.24) is 30.1 Å². The van der Waals surface area contributed by atoms with Crippen molar-refractivity contribution < 1.29 is 42.6 Å². The van der Waals surface area contributed by atoms with Crippen molar-refractivity contribution in [1.29, 1.82) is 0 Å². The van der Waals surface area contributed by atoms with Crippen molar-refractivity contribution in [3.05, 3.63) is 48.3 Å². The molecule has 0 radical (unpaired) electrons. The van der Waals surface area contributed by atoms with Gasteiger partial charge in [-0.2, -0.15) is 0 Å². The number of fused-ring (bicyclic) bond motifs is 2. The van der Waals surface area contributed by atoms with Crippen LogP contribution in [0.3, 0.4) is 0 Å². The maximum absolute atomic E-state index is 12.5. The van der Waals surface area contributed by atoms with E-state index in [-0.39, 0.29) is 36.6 Å². The lowest BCUT2D eigenvalue weighted by Crippen LogP contribution is -2.70. The molecule has 3 amide bonds. The van der Waals surface area contributed by atoms with Crippen LogP contribution in [0.5, 0.6) is 0 Å². The van der Waals surface area contributed by atoms with Crippen LogP contribution in [0.1, 0.15) is 32.8 Å². The van der Waals surface area contributed by atoms with Crippen molar-refractivity contribution in [2.75, 3.05) is 0 Å². The van der Waals surface area contributed by atoms with E-state index in [0.29, 0.717) is 0 Å². The molecule has 17 heteroatoms. The molecular weight excluding hydrogens is 604 g/mol. The zero-order chi connectivity index (χ0) is 31.5. The van der Waals surface area contributed by atoms with E-state index < -0.39 is 60.7 Å². The maximum atomic E-state index is 12.5. The number of carbonyl (C=O) groups is 5. The van der Waals surface area contributed by atoms with Crippen molar-refractivity contribution in [3.8, 4) is 0 Å². The average Bonchev–Trinajstić information content (AvgIpc) is 3.55. The average molecular weight is 635 g/mol. The van der Waals surface area contributed by atoms with Crippen LogP contribution in [0.25, 0.3) is 0 Å². The molecule has 4 aliphatic rings. The highest BCUT2D eigenvalue weighted by Gasteiger charge is 2.70. The van der Waals surface area contributed by atoms with E-state index in [1.54, 1.807) is 0 Å². The molecule has 6 rings (SSSR count). The minimum absolute atomic E-state index is 0.154. The van der Waals surface area contributed by atoms with Crippen LogP contribution >= 0.6 is 11.8 Å². The lowest BCUT2D eigenvalue weighted by molar-refractivity contribution is -0.161. The van der Waals surface area contributed by atoms with Gasteiger partial charge in [0.2, 0.25) is 17.7 Å². The summed E-state index contributed by atoms with van der Waals surface area (Å²) in [5.74, 6) is -3.33. The summed E-state index contributed by atoms with van der Waals surface area (Å²) >= 11 is 1.42. The lowest BCUT2D eigenvalue weighted by atomic mass is 9.96. The normalized spacial score (nSPS) is 31.1. The second-order valence-corrected chi connectivity index (χ2v) is 15.8. The predicted octanol–water partition coefficient (Wildman–Crippen LogP) is -0.662. The minimum atomic E-state index is -3.80. The van der Waals surface area contributed by atoms with E-state index in [4.69, 9.17) is 0 Å². The lowest BCUT2D eigenvalue weighted by Gasteiger charge is -2.43. The van der Waals surface area contributed by atoms with Gasteiger partial charge in [0.05, 0.1) is 25.6 Å². The third-order valence-corrected chi connectivity index (χ3v) is 12.5. The van der Waals surface area contributed by atoms with Crippen LogP contribution < -0.4 is 5.32 Å². The Morgan fingerprint density at radius 3 is 2.26 bits per heavy atom. The summed E-state index contributed by atoms with van der Waals surface area (Å²) in [7, 11) is -3.80. The van der Waals surface area contributed by atoms with Gasteiger partial charge in [0.25, 0.3) is 0 Å². The molecule has 1 aromatic carbocycles. The first-order valence-electron chi connectivity index (χ1n) is 13.3. The number of nitrogens with zero attached hydrogens (tertiary/aromatic N) is 5. The Hall–Kier alpha value is -3.99. The highest BCUT2D eigenvalue weighted by atomic mass is 32.2. The van der Waals surface area contributed by atoms with Gasteiger partial charge >= 0.3 is 11.9 Å². The molecule has 2 aromatic rings. The first-order valence-corrected chi connectivity index (χ1v) is 15.7. The quantitative estimate of drug-likeness (QED) is 0.324. The molecular formula is C26H30N6O9S2. The molecule has 1 aromatic heterocycles. The number of carboxylic acid groups (broad SMARTS) is 2. The van der Waals surface area contributed by atoms with Crippen molar-refractivity contribution in [2.24, 2.45) is 0 Å². The zero-order valence-corrected chi connectivity index (χ0v) is 25.0. The van der Waals surface area contributed by atoms with E-state index in [2.05, 4.69) is 15.6 Å². The number of hydrogen-bond acceptors (Lipinski definition) is 10. The van der Waals surface area contributed by atoms with Gasteiger partial charge in [0.15, 0.2) is 15.9 Å². The number of carboxylic acids is 2.